The molecule has 10 nitrogen and oxygen atoms in total. The summed E-state index contributed by atoms with van der Waals surface area (Å²) in [6.45, 7) is 1.71. The number of rotatable bonds is 10. The predicted octanol–water partition coefficient (Wildman–Crippen LogP) is 0.0372. The number of amides is 3. The number of ether oxygens (including phenoxy) is 1. The summed E-state index contributed by atoms with van der Waals surface area (Å²) < 4.78 is 58.4. The number of hydrogen-bond acceptors (Lipinski definition) is 6. The van der Waals surface area contributed by atoms with Crippen molar-refractivity contribution in [1.82, 2.24) is 16.0 Å². The zero-order valence-electron chi connectivity index (χ0n) is 17.6. The quantitative estimate of drug-likeness (QED) is 0.210. The van der Waals surface area contributed by atoms with Crippen LogP contribution in [0.5, 0.6) is 5.75 Å². The van der Waals surface area contributed by atoms with Crippen LogP contribution >= 0.6 is 0 Å². The maximum Gasteiger partial charge on any atom is 0.309 e. The van der Waals surface area contributed by atoms with Crippen LogP contribution in [0.3, 0.4) is 0 Å². The first kappa shape index (κ1) is 27.3. The zero-order chi connectivity index (χ0) is 25.5. The second-order valence-electron chi connectivity index (χ2n) is 6.99. The van der Waals surface area contributed by atoms with Gasteiger partial charge in [-0.25, -0.2) is 8.78 Å². The third-order valence-electron chi connectivity index (χ3n) is 4.18. The Morgan fingerprint density at radius 1 is 0.970 bits per heavy atom. The predicted molar refractivity (Wildman–Crippen MR) is 102 cm³/mol. The van der Waals surface area contributed by atoms with Gasteiger partial charge in [0.05, 0.1) is 6.42 Å². The van der Waals surface area contributed by atoms with E-state index >= 15 is 0 Å². The number of likely N-dealkylation sites (N-methyl/N-ethyl adjacent to an activating group) is 1. The average molecular weight is 479 g/mol. The topological polar surface area (TPSA) is 151 Å². The number of halogens is 4. The van der Waals surface area contributed by atoms with Crippen LogP contribution < -0.4 is 20.7 Å². The fourth-order valence-electron chi connectivity index (χ4n) is 2.46. The van der Waals surface area contributed by atoms with Gasteiger partial charge in [0, 0.05) is 13.1 Å². The zero-order valence-corrected chi connectivity index (χ0v) is 17.6. The minimum atomic E-state index is -1.92. The number of carboxylic acid groups (broad SMARTS) is 1. The maximum absolute atomic E-state index is 13.7. The Balaban J connectivity index is 3.02. The molecule has 0 saturated heterocycles. The standard InChI is InChI=1S/C19H21F4N3O7/c1-7(2)15(26-19(32)18(31)24-3)17(30)25-10(5-12(28)29)11(27)6-33-16-13(22)8(20)4-9(21)14(16)23/h4,7,10,15H,5-6H2,1-3H3,(H,24,31)(H,25,30)(H,26,32)(H,28,29)/t10-,15-/m0/s1. The van der Waals surface area contributed by atoms with E-state index < -0.39 is 89.5 Å². The van der Waals surface area contributed by atoms with Gasteiger partial charge in [0.2, 0.25) is 17.5 Å². The molecule has 0 heterocycles. The number of nitrogens with one attached hydrogen (secondary N) is 3. The summed E-state index contributed by atoms with van der Waals surface area (Å²) in [5.74, 6) is -15.6. The van der Waals surface area contributed by atoms with Crippen LogP contribution in [0.4, 0.5) is 17.6 Å². The fourth-order valence-corrected chi connectivity index (χ4v) is 2.46. The van der Waals surface area contributed by atoms with Gasteiger partial charge in [-0.05, 0) is 5.92 Å². The summed E-state index contributed by atoms with van der Waals surface area (Å²) >= 11 is 0. The van der Waals surface area contributed by atoms with Gasteiger partial charge in [-0.2, -0.15) is 8.78 Å². The van der Waals surface area contributed by atoms with Crippen LogP contribution in [0, 0.1) is 29.2 Å². The second-order valence-corrected chi connectivity index (χ2v) is 6.99. The molecule has 0 aliphatic carbocycles. The number of Topliss-reactive ketones (excluding diaryl/α,β-unsaturated/α-hetero) is 1. The van der Waals surface area contributed by atoms with E-state index in [1.165, 1.54) is 20.9 Å². The molecule has 182 valence electrons. The molecule has 1 aromatic carbocycles. The molecule has 0 aliphatic heterocycles. The van der Waals surface area contributed by atoms with E-state index in [4.69, 9.17) is 5.11 Å². The molecule has 0 fully saturated rings. The molecular weight excluding hydrogens is 458 g/mol. The first-order chi connectivity index (χ1) is 15.3. The SMILES string of the molecule is CNC(=O)C(=O)N[C@H](C(=O)N[C@@H](CC(=O)O)C(=O)COc1c(F)c(F)cc(F)c1F)C(C)C. The Bertz CT molecular complexity index is 930. The average Bonchev–Trinajstić information content (AvgIpc) is 2.73. The van der Waals surface area contributed by atoms with Gasteiger partial charge in [-0.3, -0.25) is 24.0 Å². The van der Waals surface area contributed by atoms with Crippen molar-refractivity contribution in [2.24, 2.45) is 5.92 Å². The molecule has 0 aliphatic rings. The number of aliphatic carboxylic acids is 1. The molecule has 1 rings (SSSR count). The molecule has 33 heavy (non-hydrogen) atoms. The molecule has 0 radical (unpaired) electrons. The Kier molecular flexibility index (Phi) is 9.75. The van der Waals surface area contributed by atoms with E-state index in [1.54, 1.807) is 0 Å². The highest BCUT2D eigenvalue weighted by Crippen LogP contribution is 2.26. The summed E-state index contributed by atoms with van der Waals surface area (Å²) in [6.07, 6.45) is -0.995. The Hall–Kier alpha value is -3.71. The van der Waals surface area contributed by atoms with Crippen molar-refractivity contribution in [3.05, 3.63) is 29.3 Å². The molecule has 0 aromatic heterocycles. The number of ketones is 1. The van der Waals surface area contributed by atoms with Crippen molar-refractivity contribution >= 4 is 29.5 Å². The van der Waals surface area contributed by atoms with Crippen LogP contribution in [0.15, 0.2) is 6.07 Å². The number of carboxylic acids is 1. The normalized spacial score (nSPS) is 12.5. The molecule has 2 atom stereocenters. The molecule has 0 spiro atoms. The lowest BCUT2D eigenvalue weighted by Crippen LogP contribution is -2.56. The number of carbonyl (C=O) groups is 5. The summed E-state index contributed by atoms with van der Waals surface area (Å²) in [5, 5.41) is 15.2. The van der Waals surface area contributed by atoms with Crippen LogP contribution in [-0.4, -0.2) is 60.3 Å². The highest BCUT2D eigenvalue weighted by Gasteiger charge is 2.32. The van der Waals surface area contributed by atoms with Crippen LogP contribution in [0.25, 0.3) is 0 Å². The molecular formula is C19H21F4N3O7. The van der Waals surface area contributed by atoms with Gasteiger partial charge in [-0.15, -0.1) is 0 Å². The van der Waals surface area contributed by atoms with Crippen molar-refractivity contribution in [3.8, 4) is 5.75 Å². The van der Waals surface area contributed by atoms with E-state index in [-0.39, 0.29) is 6.07 Å². The van der Waals surface area contributed by atoms with Crippen LogP contribution in [-0.2, 0) is 24.0 Å². The molecule has 3 amide bonds. The molecule has 0 unspecified atom stereocenters. The minimum absolute atomic E-state index is 0.0774. The lowest BCUT2D eigenvalue weighted by Gasteiger charge is -2.24. The van der Waals surface area contributed by atoms with E-state index in [9.17, 15) is 41.5 Å². The molecule has 0 bridgehead atoms. The lowest BCUT2D eigenvalue weighted by atomic mass is 10.0. The van der Waals surface area contributed by atoms with Crippen molar-refractivity contribution in [3.63, 3.8) is 0 Å². The van der Waals surface area contributed by atoms with E-state index in [0.717, 1.165) is 0 Å². The Labute approximate surface area is 184 Å². The monoisotopic (exact) mass is 479 g/mol. The number of benzene rings is 1. The van der Waals surface area contributed by atoms with E-state index in [0.29, 0.717) is 0 Å². The van der Waals surface area contributed by atoms with Crippen molar-refractivity contribution < 1.29 is 51.4 Å². The molecule has 1 aromatic rings. The van der Waals surface area contributed by atoms with E-state index in [1.807, 2.05) is 10.6 Å². The summed E-state index contributed by atoms with van der Waals surface area (Å²) in [5.41, 5.74) is 0. The second kappa shape index (κ2) is 11.8. The van der Waals surface area contributed by atoms with Gasteiger partial charge in [0.1, 0.15) is 18.7 Å². The van der Waals surface area contributed by atoms with Gasteiger partial charge in [0.25, 0.3) is 0 Å². The Morgan fingerprint density at radius 2 is 1.52 bits per heavy atom. The van der Waals surface area contributed by atoms with Crippen molar-refractivity contribution in [1.29, 1.82) is 0 Å². The minimum Gasteiger partial charge on any atom is -0.481 e. The first-order valence-electron chi connectivity index (χ1n) is 9.33. The van der Waals surface area contributed by atoms with Gasteiger partial charge < -0.3 is 25.8 Å². The van der Waals surface area contributed by atoms with Crippen molar-refractivity contribution in [2.75, 3.05) is 13.7 Å². The highest BCUT2D eigenvalue weighted by molar-refractivity contribution is 6.35. The van der Waals surface area contributed by atoms with Gasteiger partial charge in [0.15, 0.2) is 23.2 Å². The van der Waals surface area contributed by atoms with Crippen molar-refractivity contribution in [2.45, 2.75) is 32.4 Å². The summed E-state index contributed by atoms with van der Waals surface area (Å²) in [4.78, 5) is 59.1. The largest absolute Gasteiger partial charge is 0.481 e. The highest BCUT2D eigenvalue weighted by atomic mass is 19.2. The summed E-state index contributed by atoms with van der Waals surface area (Å²) in [6, 6.07) is -3.25. The van der Waals surface area contributed by atoms with Crippen LogP contribution in [0.2, 0.25) is 0 Å². The van der Waals surface area contributed by atoms with Gasteiger partial charge in [-0.1, -0.05) is 13.8 Å². The number of hydrogen-bond donors (Lipinski definition) is 4. The maximum atomic E-state index is 13.7. The third kappa shape index (κ3) is 7.43. The fraction of sp³-hybridized carbons (Fsp3) is 0.421. The third-order valence-corrected chi connectivity index (χ3v) is 4.18. The number of carbonyl (C=O) groups excluding carboxylic acids is 4. The van der Waals surface area contributed by atoms with Gasteiger partial charge >= 0.3 is 17.8 Å². The molecule has 4 N–H and O–H groups in total. The van der Waals surface area contributed by atoms with Crippen LogP contribution in [0.1, 0.15) is 20.3 Å². The molecule has 14 heteroatoms. The smallest absolute Gasteiger partial charge is 0.309 e. The lowest BCUT2D eigenvalue weighted by molar-refractivity contribution is -0.142. The first-order valence-corrected chi connectivity index (χ1v) is 9.33. The van der Waals surface area contributed by atoms with E-state index in [2.05, 4.69) is 10.1 Å². The Morgan fingerprint density at radius 3 is 1.97 bits per heavy atom. The summed E-state index contributed by atoms with van der Waals surface area (Å²) in [7, 11) is 1.17. The molecule has 0 saturated carbocycles.